The first kappa shape index (κ1) is 15.3. The highest BCUT2D eigenvalue weighted by Gasteiger charge is 2.15. The number of nitrogens with one attached hydrogen (secondary N) is 2. The maximum atomic E-state index is 12.4. The molecule has 0 saturated heterocycles. The molecule has 0 unspecified atom stereocenters. The van der Waals surface area contributed by atoms with Crippen LogP contribution in [0.25, 0.3) is 0 Å². The molecule has 0 spiro atoms. The van der Waals surface area contributed by atoms with Crippen LogP contribution in [0, 0.1) is 0 Å². The number of carbonyl (C=O) groups excluding carboxylic acids is 1. The number of hydrogen-bond donors (Lipinski definition) is 2. The minimum atomic E-state index is -0.336. The zero-order chi connectivity index (χ0) is 16.2. The average molecular weight is 372 g/mol. The van der Waals surface area contributed by atoms with Gasteiger partial charge in [0, 0.05) is 16.4 Å². The van der Waals surface area contributed by atoms with Gasteiger partial charge < -0.3 is 10.3 Å². The summed E-state index contributed by atoms with van der Waals surface area (Å²) in [4.78, 5) is 27.0. The standard InChI is InChI=1S/C17H14BrN3O2/c18-13-7-4-8-14(9-13)20-16(22)15-10-19-17(23)21(15)11-12-5-2-1-3-6-12/h1-10H,11H2,(H,19,23)(H,20,22). The summed E-state index contributed by atoms with van der Waals surface area (Å²) in [7, 11) is 0. The van der Waals surface area contributed by atoms with E-state index in [2.05, 4.69) is 26.2 Å². The molecule has 2 aromatic carbocycles. The molecule has 1 amide bonds. The van der Waals surface area contributed by atoms with Gasteiger partial charge >= 0.3 is 5.69 Å². The maximum absolute atomic E-state index is 12.4. The Labute approximate surface area is 141 Å². The molecule has 116 valence electrons. The highest BCUT2D eigenvalue weighted by molar-refractivity contribution is 9.10. The fraction of sp³-hybridized carbons (Fsp3) is 0.0588. The zero-order valence-corrected chi connectivity index (χ0v) is 13.7. The average Bonchev–Trinajstić information content (AvgIpc) is 2.89. The normalized spacial score (nSPS) is 10.5. The Bertz CT molecular complexity index is 884. The second-order valence-corrected chi connectivity index (χ2v) is 5.93. The smallest absolute Gasteiger partial charge is 0.321 e. The summed E-state index contributed by atoms with van der Waals surface area (Å²) >= 11 is 3.36. The van der Waals surface area contributed by atoms with E-state index >= 15 is 0 Å². The number of hydrogen-bond acceptors (Lipinski definition) is 2. The van der Waals surface area contributed by atoms with Gasteiger partial charge in [-0.1, -0.05) is 52.3 Å². The van der Waals surface area contributed by atoms with Crippen LogP contribution in [0.1, 0.15) is 16.1 Å². The lowest BCUT2D eigenvalue weighted by Gasteiger charge is -2.08. The lowest BCUT2D eigenvalue weighted by atomic mass is 10.2. The summed E-state index contributed by atoms with van der Waals surface area (Å²) in [6, 6.07) is 16.8. The van der Waals surface area contributed by atoms with Crippen LogP contribution >= 0.6 is 15.9 Å². The van der Waals surface area contributed by atoms with Crippen molar-refractivity contribution >= 4 is 27.5 Å². The lowest BCUT2D eigenvalue weighted by molar-refractivity contribution is 0.101. The molecule has 3 rings (SSSR count). The van der Waals surface area contributed by atoms with Crippen molar-refractivity contribution in [2.75, 3.05) is 5.32 Å². The molecule has 23 heavy (non-hydrogen) atoms. The van der Waals surface area contributed by atoms with E-state index in [0.29, 0.717) is 17.9 Å². The van der Waals surface area contributed by atoms with Crippen molar-refractivity contribution in [2.45, 2.75) is 6.54 Å². The molecule has 0 aliphatic carbocycles. The van der Waals surface area contributed by atoms with Gasteiger partial charge in [-0.15, -0.1) is 0 Å². The van der Waals surface area contributed by atoms with E-state index in [1.807, 2.05) is 42.5 Å². The molecule has 0 radical (unpaired) electrons. The van der Waals surface area contributed by atoms with Gasteiger partial charge in [-0.3, -0.25) is 9.36 Å². The van der Waals surface area contributed by atoms with E-state index in [-0.39, 0.29) is 11.6 Å². The summed E-state index contributed by atoms with van der Waals surface area (Å²) < 4.78 is 2.29. The first-order valence-corrected chi connectivity index (χ1v) is 7.82. The number of imidazole rings is 1. The Morgan fingerprint density at radius 1 is 1.13 bits per heavy atom. The van der Waals surface area contributed by atoms with Crippen LogP contribution in [0.4, 0.5) is 5.69 Å². The number of aromatic nitrogens is 2. The number of nitrogens with zero attached hydrogens (tertiary/aromatic N) is 1. The Kier molecular flexibility index (Phi) is 4.43. The van der Waals surface area contributed by atoms with Gasteiger partial charge in [-0.25, -0.2) is 4.79 Å². The van der Waals surface area contributed by atoms with E-state index in [1.165, 1.54) is 10.8 Å². The molecule has 5 nitrogen and oxygen atoms in total. The predicted molar refractivity (Wildman–Crippen MR) is 92.7 cm³/mol. The van der Waals surface area contributed by atoms with Crippen LogP contribution in [0.5, 0.6) is 0 Å². The zero-order valence-electron chi connectivity index (χ0n) is 12.1. The second-order valence-electron chi connectivity index (χ2n) is 5.02. The van der Waals surface area contributed by atoms with Gasteiger partial charge in [0.05, 0.1) is 6.54 Å². The maximum Gasteiger partial charge on any atom is 0.326 e. The first-order chi connectivity index (χ1) is 11.1. The number of carbonyl (C=O) groups is 1. The molecule has 0 aliphatic rings. The first-order valence-electron chi connectivity index (χ1n) is 7.02. The molecule has 0 fully saturated rings. The quantitative estimate of drug-likeness (QED) is 0.739. The van der Waals surface area contributed by atoms with E-state index < -0.39 is 0 Å². The fourth-order valence-electron chi connectivity index (χ4n) is 2.27. The van der Waals surface area contributed by atoms with Crippen molar-refractivity contribution in [3.05, 3.63) is 87.0 Å². The minimum Gasteiger partial charge on any atom is -0.321 e. The molecule has 3 aromatic rings. The van der Waals surface area contributed by atoms with Crippen LogP contribution in [-0.2, 0) is 6.54 Å². The van der Waals surface area contributed by atoms with Crippen molar-refractivity contribution in [3.8, 4) is 0 Å². The van der Waals surface area contributed by atoms with Gasteiger partial charge in [-0.2, -0.15) is 0 Å². The summed E-state index contributed by atoms with van der Waals surface area (Å²) in [5.74, 6) is -0.336. The summed E-state index contributed by atoms with van der Waals surface area (Å²) in [6.07, 6.45) is 1.43. The number of halogens is 1. The van der Waals surface area contributed by atoms with Crippen molar-refractivity contribution in [1.82, 2.24) is 9.55 Å². The van der Waals surface area contributed by atoms with Gasteiger partial charge in [-0.05, 0) is 23.8 Å². The van der Waals surface area contributed by atoms with E-state index in [0.717, 1.165) is 10.0 Å². The van der Waals surface area contributed by atoms with E-state index in [9.17, 15) is 9.59 Å². The molecule has 0 atom stereocenters. The van der Waals surface area contributed by atoms with Crippen LogP contribution in [0.3, 0.4) is 0 Å². The van der Waals surface area contributed by atoms with Crippen LogP contribution in [-0.4, -0.2) is 15.5 Å². The van der Waals surface area contributed by atoms with Gasteiger partial charge in [0.25, 0.3) is 5.91 Å². The third-order valence-electron chi connectivity index (χ3n) is 3.37. The number of benzene rings is 2. The third-order valence-corrected chi connectivity index (χ3v) is 3.86. The number of rotatable bonds is 4. The summed E-state index contributed by atoms with van der Waals surface area (Å²) in [5, 5.41) is 2.79. The molecule has 0 saturated carbocycles. The van der Waals surface area contributed by atoms with E-state index in [4.69, 9.17) is 0 Å². The number of aromatic amines is 1. The Morgan fingerprint density at radius 3 is 2.65 bits per heavy atom. The Balaban J connectivity index is 1.85. The lowest BCUT2D eigenvalue weighted by Crippen LogP contribution is -2.24. The van der Waals surface area contributed by atoms with Crippen LogP contribution in [0.2, 0.25) is 0 Å². The van der Waals surface area contributed by atoms with Gasteiger partial charge in [0.1, 0.15) is 5.69 Å². The topological polar surface area (TPSA) is 66.9 Å². The molecule has 2 N–H and O–H groups in total. The minimum absolute atomic E-state index is 0.291. The third kappa shape index (κ3) is 3.60. The molecule has 0 bridgehead atoms. The predicted octanol–water partition coefficient (Wildman–Crippen LogP) is 3.24. The van der Waals surface area contributed by atoms with E-state index in [1.54, 1.807) is 12.1 Å². The monoisotopic (exact) mass is 371 g/mol. The van der Waals surface area contributed by atoms with Crippen LogP contribution < -0.4 is 11.0 Å². The summed E-state index contributed by atoms with van der Waals surface area (Å²) in [6.45, 7) is 0.338. The molecular weight excluding hydrogens is 358 g/mol. The number of amides is 1. The Hall–Kier alpha value is -2.60. The largest absolute Gasteiger partial charge is 0.326 e. The second kappa shape index (κ2) is 6.66. The highest BCUT2D eigenvalue weighted by atomic mass is 79.9. The number of H-pyrrole nitrogens is 1. The van der Waals surface area contributed by atoms with Gasteiger partial charge in [0.15, 0.2) is 0 Å². The molecule has 0 aliphatic heterocycles. The van der Waals surface area contributed by atoms with Crippen molar-refractivity contribution < 1.29 is 4.79 Å². The van der Waals surface area contributed by atoms with Crippen molar-refractivity contribution in [3.63, 3.8) is 0 Å². The molecule has 6 heteroatoms. The van der Waals surface area contributed by atoms with Crippen LogP contribution in [0.15, 0.2) is 70.1 Å². The molecule has 1 aromatic heterocycles. The Morgan fingerprint density at radius 2 is 1.91 bits per heavy atom. The van der Waals surface area contributed by atoms with Gasteiger partial charge in [0.2, 0.25) is 0 Å². The highest BCUT2D eigenvalue weighted by Crippen LogP contribution is 2.16. The number of anilines is 1. The fourth-order valence-corrected chi connectivity index (χ4v) is 2.67. The molecule has 1 heterocycles. The van der Waals surface area contributed by atoms with Crippen molar-refractivity contribution in [2.24, 2.45) is 0 Å². The molecular formula is C17H14BrN3O2. The SMILES string of the molecule is O=C(Nc1cccc(Br)c1)c1c[nH]c(=O)n1Cc1ccccc1. The van der Waals surface area contributed by atoms with Crippen molar-refractivity contribution in [1.29, 1.82) is 0 Å². The summed E-state index contributed by atoms with van der Waals surface area (Å²) in [5.41, 5.74) is 1.59.